The van der Waals surface area contributed by atoms with Gasteiger partial charge in [0.05, 0.1) is 5.92 Å². The zero-order chi connectivity index (χ0) is 10.8. The van der Waals surface area contributed by atoms with Crippen LogP contribution in [-0.2, 0) is 0 Å². The van der Waals surface area contributed by atoms with Gasteiger partial charge in [-0.05, 0) is 25.2 Å². The maximum absolute atomic E-state index is 12.6. The average Bonchev–Trinajstić information content (AvgIpc) is 2.02. The molecule has 0 heterocycles. The van der Waals surface area contributed by atoms with Gasteiger partial charge in [-0.2, -0.15) is 13.2 Å². The molecule has 84 valence electrons. The molecule has 1 fully saturated rings. The summed E-state index contributed by atoms with van der Waals surface area (Å²) in [4.78, 5) is 0. The van der Waals surface area contributed by atoms with E-state index >= 15 is 0 Å². The van der Waals surface area contributed by atoms with Crippen LogP contribution in [-0.4, -0.2) is 12.2 Å². The van der Waals surface area contributed by atoms with E-state index < -0.39 is 12.1 Å². The molecule has 0 aromatic carbocycles. The molecule has 1 saturated carbocycles. The molecule has 14 heavy (non-hydrogen) atoms. The Morgan fingerprint density at radius 1 is 1.29 bits per heavy atom. The highest BCUT2D eigenvalue weighted by Crippen LogP contribution is 2.42. The van der Waals surface area contributed by atoms with Gasteiger partial charge in [0.15, 0.2) is 0 Å². The van der Waals surface area contributed by atoms with Crippen LogP contribution in [0.25, 0.3) is 0 Å². The summed E-state index contributed by atoms with van der Waals surface area (Å²) < 4.78 is 37.8. The fourth-order valence-electron chi connectivity index (χ4n) is 2.42. The zero-order valence-corrected chi connectivity index (χ0v) is 8.48. The first kappa shape index (κ1) is 11.8. The monoisotopic (exact) mass is 209 g/mol. The second-order valence-electron chi connectivity index (χ2n) is 4.27. The standard InChI is InChI=1S/C10H18F3N/c1-2-3-7-6-8(14)4-5-9(7)10(11,12)13/h7-9H,2-6,14H2,1H3. The molecule has 3 unspecified atom stereocenters. The first-order valence-electron chi connectivity index (χ1n) is 5.27. The minimum absolute atomic E-state index is 0.0230. The molecule has 1 rings (SSSR count). The van der Waals surface area contributed by atoms with Crippen molar-refractivity contribution in [1.29, 1.82) is 0 Å². The van der Waals surface area contributed by atoms with E-state index in [2.05, 4.69) is 0 Å². The van der Waals surface area contributed by atoms with Crippen molar-refractivity contribution < 1.29 is 13.2 Å². The Morgan fingerprint density at radius 3 is 2.43 bits per heavy atom. The van der Waals surface area contributed by atoms with Crippen LogP contribution in [0.2, 0.25) is 0 Å². The lowest BCUT2D eigenvalue weighted by molar-refractivity contribution is -0.197. The lowest BCUT2D eigenvalue weighted by Crippen LogP contribution is -2.40. The van der Waals surface area contributed by atoms with Crippen molar-refractivity contribution in [3.8, 4) is 0 Å². The predicted molar refractivity (Wildman–Crippen MR) is 49.8 cm³/mol. The van der Waals surface area contributed by atoms with Crippen LogP contribution >= 0.6 is 0 Å². The summed E-state index contributed by atoms with van der Waals surface area (Å²) >= 11 is 0. The van der Waals surface area contributed by atoms with Crippen molar-refractivity contribution in [1.82, 2.24) is 0 Å². The van der Waals surface area contributed by atoms with Crippen LogP contribution in [0.5, 0.6) is 0 Å². The Hall–Kier alpha value is -0.250. The molecule has 0 bridgehead atoms. The van der Waals surface area contributed by atoms with Gasteiger partial charge in [0.25, 0.3) is 0 Å². The summed E-state index contributed by atoms with van der Waals surface area (Å²) in [6.07, 6.45) is -1.29. The number of halogens is 3. The molecule has 0 spiro atoms. The summed E-state index contributed by atoms with van der Waals surface area (Å²) in [5.74, 6) is -1.36. The van der Waals surface area contributed by atoms with Crippen molar-refractivity contribution in [2.45, 2.75) is 51.2 Å². The summed E-state index contributed by atoms with van der Waals surface area (Å²) in [7, 11) is 0. The van der Waals surface area contributed by atoms with Crippen LogP contribution in [0.15, 0.2) is 0 Å². The third kappa shape index (κ3) is 2.87. The van der Waals surface area contributed by atoms with Gasteiger partial charge in [0.1, 0.15) is 0 Å². The van der Waals surface area contributed by atoms with Gasteiger partial charge in [-0.1, -0.05) is 19.8 Å². The van der Waals surface area contributed by atoms with E-state index in [1.807, 2.05) is 6.92 Å². The maximum Gasteiger partial charge on any atom is 0.392 e. The average molecular weight is 209 g/mol. The van der Waals surface area contributed by atoms with Gasteiger partial charge in [-0.15, -0.1) is 0 Å². The molecular weight excluding hydrogens is 191 g/mol. The van der Waals surface area contributed by atoms with Crippen molar-refractivity contribution in [2.24, 2.45) is 17.6 Å². The van der Waals surface area contributed by atoms with E-state index in [0.717, 1.165) is 6.42 Å². The number of rotatable bonds is 2. The van der Waals surface area contributed by atoms with Gasteiger partial charge < -0.3 is 5.73 Å². The molecule has 2 N–H and O–H groups in total. The highest BCUT2D eigenvalue weighted by molar-refractivity contribution is 4.85. The van der Waals surface area contributed by atoms with Crippen LogP contribution in [0, 0.1) is 11.8 Å². The Bertz CT molecular complexity index is 179. The first-order chi connectivity index (χ1) is 6.45. The van der Waals surface area contributed by atoms with Gasteiger partial charge in [-0.25, -0.2) is 0 Å². The second kappa shape index (κ2) is 4.51. The third-order valence-electron chi connectivity index (χ3n) is 3.10. The van der Waals surface area contributed by atoms with Gasteiger partial charge in [0, 0.05) is 6.04 Å². The quantitative estimate of drug-likeness (QED) is 0.743. The molecular formula is C10H18F3N. The van der Waals surface area contributed by atoms with E-state index in [4.69, 9.17) is 5.73 Å². The fourth-order valence-corrected chi connectivity index (χ4v) is 2.42. The van der Waals surface area contributed by atoms with Crippen LogP contribution in [0.4, 0.5) is 13.2 Å². The van der Waals surface area contributed by atoms with E-state index in [0.29, 0.717) is 19.3 Å². The predicted octanol–water partition coefficient (Wildman–Crippen LogP) is 3.09. The molecule has 0 saturated heterocycles. The molecule has 4 heteroatoms. The SMILES string of the molecule is CCCC1CC(N)CCC1C(F)(F)F. The number of hydrogen-bond acceptors (Lipinski definition) is 1. The smallest absolute Gasteiger partial charge is 0.328 e. The zero-order valence-electron chi connectivity index (χ0n) is 8.48. The Kier molecular flexibility index (Phi) is 3.81. The third-order valence-corrected chi connectivity index (χ3v) is 3.10. The number of hydrogen-bond donors (Lipinski definition) is 1. The topological polar surface area (TPSA) is 26.0 Å². The lowest BCUT2D eigenvalue weighted by atomic mass is 9.75. The molecule has 1 aliphatic rings. The first-order valence-corrected chi connectivity index (χ1v) is 5.27. The maximum atomic E-state index is 12.6. The van der Waals surface area contributed by atoms with Crippen molar-refractivity contribution in [2.75, 3.05) is 0 Å². The molecule has 0 aromatic rings. The molecule has 0 radical (unpaired) electrons. The van der Waals surface area contributed by atoms with Gasteiger partial charge in [-0.3, -0.25) is 0 Å². The highest BCUT2D eigenvalue weighted by atomic mass is 19.4. The minimum atomic E-state index is -4.03. The molecule has 3 atom stereocenters. The Labute approximate surface area is 82.9 Å². The summed E-state index contributed by atoms with van der Waals surface area (Å²) in [6, 6.07) is -0.0230. The van der Waals surface area contributed by atoms with E-state index in [-0.39, 0.29) is 18.4 Å². The number of alkyl halides is 3. The summed E-state index contributed by atoms with van der Waals surface area (Å²) in [5, 5.41) is 0. The fraction of sp³-hybridized carbons (Fsp3) is 1.00. The highest BCUT2D eigenvalue weighted by Gasteiger charge is 2.46. The number of nitrogens with two attached hydrogens (primary N) is 1. The largest absolute Gasteiger partial charge is 0.392 e. The normalized spacial score (nSPS) is 34.5. The van der Waals surface area contributed by atoms with Crippen molar-refractivity contribution >= 4 is 0 Å². The molecule has 1 aliphatic carbocycles. The minimum Gasteiger partial charge on any atom is -0.328 e. The lowest BCUT2D eigenvalue weighted by Gasteiger charge is -2.35. The van der Waals surface area contributed by atoms with Crippen LogP contribution in [0.3, 0.4) is 0 Å². The van der Waals surface area contributed by atoms with Gasteiger partial charge >= 0.3 is 6.18 Å². The van der Waals surface area contributed by atoms with E-state index in [9.17, 15) is 13.2 Å². The summed E-state index contributed by atoms with van der Waals surface area (Å²) in [5.41, 5.74) is 5.69. The second-order valence-corrected chi connectivity index (χ2v) is 4.27. The molecule has 0 amide bonds. The van der Waals surface area contributed by atoms with Crippen LogP contribution in [0.1, 0.15) is 39.0 Å². The molecule has 0 aromatic heterocycles. The summed E-state index contributed by atoms with van der Waals surface area (Å²) in [6.45, 7) is 1.92. The Balaban J connectivity index is 2.62. The van der Waals surface area contributed by atoms with E-state index in [1.165, 1.54) is 0 Å². The van der Waals surface area contributed by atoms with E-state index in [1.54, 1.807) is 0 Å². The van der Waals surface area contributed by atoms with Crippen LogP contribution < -0.4 is 5.73 Å². The Morgan fingerprint density at radius 2 is 1.93 bits per heavy atom. The molecule has 1 nitrogen and oxygen atoms in total. The van der Waals surface area contributed by atoms with Crippen molar-refractivity contribution in [3.63, 3.8) is 0 Å². The van der Waals surface area contributed by atoms with Crippen molar-refractivity contribution in [3.05, 3.63) is 0 Å². The van der Waals surface area contributed by atoms with Gasteiger partial charge in [0.2, 0.25) is 0 Å². The molecule has 0 aliphatic heterocycles.